The maximum absolute atomic E-state index is 12.9. The second kappa shape index (κ2) is 15.2. The quantitative estimate of drug-likeness (QED) is 0.139. The van der Waals surface area contributed by atoms with Gasteiger partial charge in [-0.2, -0.15) is 0 Å². The summed E-state index contributed by atoms with van der Waals surface area (Å²) in [6.07, 6.45) is -1.26. The number of hydrogen-bond donors (Lipinski definition) is 7. The van der Waals surface area contributed by atoms with Gasteiger partial charge in [0.1, 0.15) is 18.1 Å². The number of carboxylic acid groups (broad SMARTS) is 2. The number of amides is 4. The van der Waals surface area contributed by atoms with Gasteiger partial charge in [0.15, 0.2) is 0 Å². The largest absolute Gasteiger partial charge is 0.481 e. The van der Waals surface area contributed by atoms with Crippen LogP contribution in [-0.2, 0) is 35.2 Å². The minimum Gasteiger partial charge on any atom is -0.481 e. The van der Waals surface area contributed by atoms with Crippen molar-refractivity contribution in [2.45, 2.75) is 70.1 Å². The van der Waals surface area contributed by atoms with Crippen molar-refractivity contribution >= 4 is 35.6 Å². The van der Waals surface area contributed by atoms with E-state index in [2.05, 4.69) is 16.0 Å². The summed E-state index contributed by atoms with van der Waals surface area (Å²) in [7, 11) is 0. The van der Waals surface area contributed by atoms with Gasteiger partial charge < -0.3 is 37.6 Å². The Balaban J connectivity index is 3.00. The van der Waals surface area contributed by atoms with Crippen LogP contribution >= 0.6 is 0 Å². The summed E-state index contributed by atoms with van der Waals surface area (Å²) in [5.74, 6) is -6.21. The van der Waals surface area contributed by atoms with Crippen LogP contribution in [0.1, 0.15) is 45.1 Å². The minimum atomic E-state index is -1.50. The Labute approximate surface area is 214 Å². The fourth-order valence-electron chi connectivity index (χ4n) is 3.42. The molecule has 0 aromatic heterocycles. The first kappa shape index (κ1) is 31.0. The predicted molar refractivity (Wildman–Crippen MR) is 132 cm³/mol. The summed E-state index contributed by atoms with van der Waals surface area (Å²) in [6.45, 7) is 3.51. The zero-order valence-electron chi connectivity index (χ0n) is 20.8. The molecule has 0 radical (unpaired) electrons. The molecule has 13 nitrogen and oxygen atoms in total. The fraction of sp³-hybridized carbons (Fsp3) is 0.500. The highest BCUT2D eigenvalue weighted by Gasteiger charge is 2.31. The van der Waals surface area contributed by atoms with Crippen molar-refractivity contribution in [1.29, 1.82) is 0 Å². The van der Waals surface area contributed by atoms with E-state index in [-0.39, 0.29) is 25.2 Å². The molecule has 204 valence electrons. The maximum Gasteiger partial charge on any atom is 0.326 e. The molecule has 0 heterocycles. The topological polar surface area (TPSA) is 231 Å². The summed E-state index contributed by atoms with van der Waals surface area (Å²) >= 11 is 0. The van der Waals surface area contributed by atoms with Crippen LogP contribution in [0.3, 0.4) is 0 Å². The molecule has 0 aliphatic heterocycles. The van der Waals surface area contributed by atoms with Gasteiger partial charge in [-0.05, 0) is 30.7 Å². The number of carbonyl (C=O) groups is 6. The molecule has 1 aromatic rings. The van der Waals surface area contributed by atoms with E-state index < -0.39 is 72.6 Å². The molecule has 1 rings (SSSR count). The zero-order chi connectivity index (χ0) is 28.1. The van der Waals surface area contributed by atoms with Gasteiger partial charge in [-0.1, -0.05) is 44.2 Å². The highest BCUT2D eigenvalue weighted by atomic mass is 16.4. The van der Waals surface area contributed by atoms with E-state index in [0.717, 1.165) is 5.56 Å². The van der Waals surface area contributed by atoms with Gasteiger partial charge in [-0.15, -0.1) is 0 Å². The molecule has 13 heteroatoms. The van der Waals surface area contributed by atoms with E-state index in [1.165, 1.54) is 0 Å². The summed E-state index contributed by atoms with van der Waals surface area (Å²) in [5, 5.41) is 25.4. The Morgan fingerprint density at radius 1 is 0.838 bits per heavy atom. The summed E-state index contributed by atoms with van der Waals surface area (Å²) in [6, 6.07) is 3.55. The molecule has 37 heavy (non-hydrogen) atoms. The standard InChI is InChI=1S/C24H35N5O8/c1-13(2)10-18(24(36)37)29-22(34)16(8-9-20(31)32)27-23(35)17(12-19(26)30)28-21(33)15(25)11-14-6-4-3-5-7-14/h3-7,13,15-18H,8-12,25H2,1-2H3,(H2,26,30)(H,27,35)(H,28,33)(H,29,34)(H,31,32)(H,36,37). The Morgan fingerprint density at radius 2 is 1.38 bits per heavy atom. The number of carbonyl (C=O) groups excluding carboxylic acids is 4. The number of nitrogens with two attached hydrogens (primary N) is 2. The maximum atomic E-state index is 12.9. The Hall–Kier alpha value is -4.00. The first-order chi connectivity index (χ1) is 17.3. The number of benzene rings is 1. The van der Waals surface area contributed by atoms with Crippen LogP contribution in [0, 0.1) is 5.92 Å². The highest BCUT2D eigenvalue weighted by molar-refractivity contribution is 5.96. The van der Waals surface area contributed by atoms with E-state index >= 15 is 0 Å². The first-order valence-electron chi connectivity index (χ1n) is 11.7. The van der Waals surface area contributed by atoms with Crippen LogP contribution in [0.2, 0.25) is 0 Å². The third-order valence-corrected chi connectivity index (χ3v) is 5.28. The molecule has 0 saturated heterocycles. The smallest absolute Gasteiger partial charge is 0.326 e. The van der Waals surface area contributed by atoms with Crippen molar-refractivity contribution in [2.24, 2.45) is 17.4 Å². The number of hydrogen-bond acceptors (Lipinski definition) is 7. The normalized spacial score (nSPS) is 14.1. The van der Waals surface area contributed by atoms with E-state index in [4.69, 9.17) is 16.6 Å². The molecular weight excluding hydrogens is 486 g/mol. The van der Waals surface area contributed by atoms with Crippen LogP contribution in [0.5, 0.6) is 0 Å². The predicted octanol–water partition coefficient (Wildman–Crippen LogP) is -1.12. The van der Waals surface area contributed by atoms with E-state index in [9.17, 15) is 33.9 Å². The van der Waals surface area contributed by atoms with Crippen LogP contribution in [0.15, 0.2) is 30.3 Å². The number of aliphatic carboxylic acids is 2. The Morgan fingerprint density at radius 3 is 1.89 bits per heavy atom. The first-order valence-corrected chi connectivity index (χ1v) is 11.7. The van der Waals surface area contributed by atoms with Crippen LogP contribution in [0.25, 0.3) is 0 Å². The minimum absolute atomic E-state index is 0.0799. The molecule has 0 aliphatic carbocycles. The van der Waals surface area contributed by atoms with Gasteiger partial charge in [0.25, 0.3) is 0 Å². The lowest BCUT2D eigenvalue weighted by Gasteiger charge is -2.25. The lowest BCUT2D eigenvalue weighted by Crippen LogP contribution is -2.58. The Bertz CT molecular complexity index is 969. The monoisotopic (exact) mass is 521 g/mol. The van der Waals surface area contributed by atoms with Crippen LogP contribution < -0.4 is 27.4 Å². The number of nitrogens with one attached hydrogen (secondary N) is 3. The molecule has 0 aliphatic rings. The molecule has 4 atom stereocenters. The van der Waals surface area contributed by atoms with Gasteiger partial charge in [0, 0.05) is 6.42 Å². The summed E-state index contributed by atoms with van der Waals surface area (Å²) in [4.78, 5) is 72.5. The van der Waals surface area contributed by atoms with Crippen molar-refractivity contribution in [1.82, 2.24) is 16.0 Å². The third-order valence-electron chi connectivity index (χ3n) is 5.28. The third kappa shape index (κ3) is 12.0. The lowest BCUT2D eigenvalue weighted by atomic mass is 10.0. The molecule has 0 bridgehead atoms. The second-order valence-electron chi connectivity index (χ2n) is 9.05. The molecule has 1 aromatic carbocycles. The van der Waals surface area contributed by atoms with Crippen molar-refractivity contribution in [2.75, 3.05) is 0 Å². The van der Waals surface area contributed by atoms with Gasteiger partial charge in [0.2, 0.25) is 23.6 Å². The average Bonchev–Trinajstić information content (AvgIpc) is 2.80. The number of primary amides is 1. The van der Waals surface area contributed by atoms with Crippen molar-refractivity contribution in [3.63, 3.8) is 0 Å². The van der Waals surface area contributed by atoms with Crippen molar-refractivity contribution in [3.8, 4) is 0 Å². The Kier molecular flexibility index (Phi) is 12.7. The van der Waals surface area contributed by atoms with Crippen molar-refractivity contribution < 1.29 is 39.0 Å². The van der Waals surface area contributed by atoms with E-state index in [1.54, 1.807) is 44.2 Å². The zero-order valence-corrected chi connectivity index (χ0v) is 20.8. The molecule has 0 spiro atoms. The average molecular weight is 522 g/mol. The second-order valence-corrected chi connectivity index (χ2v) is 9.05. The molecule has 0 saturated carbocycles. The van der Waals surface area contributed by atoms with Crippen LogP contribution in [-0.4, -0.2) is 69.9 Å². The molecule has 0 fully saturated rings. The van der Waals surface area contributed by atoms with Crippen LogP contribution in [0.4, 0.5) is 0 Å². The van der Waals surface area contributed by atoms with Crippen molar-refractivity contribution in [3.05, 3.63) is 35.9 Å². The fourth-order valence-corrected chi connectivity index (χ4v) is 3.42. The van der Waals surface area contributed by atoms with Gasteiger partial charge >= 0.3 is 11.9 Å². The molecule has 4 amide bonds. The molecule has 4 unspecified atom stereocenters. The van der Waals surface area contributed by atoms with Gasteiger partial charge in [-0.3, -0.25) is 24.0 Å². The number of rotatable bonds is 16. The highest BCUT2D eigenvalue weighted by Crippen LogP contribution is 2.08. The molecule has 9 N–H and O–H groups in total. The summed E-state index contributed by atoms with van der Waals surface area (Å²) < 4.78 is 0. The van der Waals surface area contributed by atoms with E-state index in [0.29, 0.717) is 0 Å². The summed E-state index contributed by atoms with van der Waals surface area (Å²) in [5.41, 5.74) is 11.9. The lowest BCUT2D eigenvalue weighted by molar-refractivity contribution is -0.143. The van der Waals surface area contributed by atoms with Gasteiger partial charge in [0.05, 0.1) is 12.5 Å². The number of carboxylic acids is 2. The SMILES string of the molecule is CC(C)CC(NC(=O)C(CCC(=O)O)NC(=O)C(CC(N)=O)NC(=O)C(N)Cc1ccccc1)C(=O)O. The molecular formula is C24H35N5O8. The van der Waals surface area contributed by atoms with Gasteiger partial charge in [-0.25, -0.2) is 4.79 Å². The van der Waals surface area contributed by atoms with E-state index in [1.807, 2.05) is 0 Å².